The first-order chi connectivity index (χ1) is 14.9. The van der Waals surface area contributed by atoms with Crippen LogP contribution in [0, 0.1) is 10.1 Å². The van der Waals surface area contributed by atoms with Crippen LogP contribution in [-0.2, 0) is 11.3 Å². The fourth-order valence-electron chi connectivity index (χ4n) is 2.90. The number of carbonyl (C=O) groups is 1. The number of hydrogen-bond acceptors (Lipinski definition) is 7. The Kier molecular flexibility index (Phi) is 5.87. The molecule has 1 atom stereocenters. The minimum absolute atomic E-state index is 0.109. The number of thioether (sulfide) groups is 1. The van der Waals surface area contributed by atoms with Gasteiger partial charge < -0.3 is 5.32 Å². The van der Waals surface area contributed by atoms with Crippen LogP contribution in [0.25, 0.3) is 11.4 Å². The van der Waals surface area contributed by atoms with Crippen LogP contribution in [-0.4, -0.2) is 35.1 Å². The summed E-state index contributed by atoms with van der Waals surface area (Å²) in [5, 5.41) is 21.8. The zero-order chi connectivity index (χ0) is 22.0. The summed E-state index contributed by atoms with van der Waals surface area (Å²) in [4.78, 5) is 35.2. The molecule has 1 aliphatic heterocycles. The summed E-state index contributed by atoms with van der Waals surface area (Å²) in [5.41, 5.74) is 1.16. The molecule has 2 aromatic heterocycles. The molecule has 3 heterocycles. The van der Waals surface area contributed by atoms with Crippen LogP contribution in [0.2, 0.25) is 0 Å². The summed E-state index contributed by atoms with van der Waals surface area (Å²) in [6.07, 6.45) is 5.32. The highest BCUT2D eigenvalue weighted by Crippen LogP contribution is 2.34. The second-order valence-electron chi connectivity index (χ2n) is 6.54. The third-order valence-electron chi connectivity index (χ3n) is 4.44. The SMILES string of the molecule is O=C(NCc1cn(-c2ccc(-n3cc([N+](=O)[O-])ccc3=O)cc2)nn1)C1=CCC(Cl)S1. The molecule has 10 nitrogen and oxygen atoms in total. The number of allylic oxidation sites excluding steroid dienone is 1. The van der Waals surface area contributed by atoms with Crippen molar-refractivity contribution in [3.63, 3.8) is 0 Å². The standard InChI is InChI=1S/C19H15ClN6O4S/c20-17-7-6-16(31-17)19(28)21-9-12-10-25(23-22-12)14-3-1-13(2-4-14)24-11-15(26(29)30)5-8-18(24)27/h1-6,8,10-11,17H,7,9H2,(H,21,28). The zero-order valence-electron chi connectivity index (χ0n) is 15.8. The van der Waals surface area contributed by atoms with Crippen LogP contribution < -0.4 is 10.9 Å². The minimum atomic E-state index is -0.560. The van der Waals surface area contributed by atoms with Crippen LogP contribution in [0.3, 0.4) is 0 Å². The number of carbonyl (C=O) groups excluding carboxylic acids is 1. The van der Waals surface area contributed by atoms with Crippen molar-refractivity contribution in [2.24, 2.45) is 0 Å². The molecule has 3 aromatic rings. The molecule has 4 rings (SSSR count). The maximum absolute atomic E-state index is 12.1. The lowest BCUT2D eigenvalue weighted by molar-refractivity contribution is -0.385. The highest BCUT2D eigenvalue weighted by atomic mass is 35.5. The number of pyridine rings is 1. The van der Waals surface area contributed by atoms with Gasteiger partial charge in [-0.2, -0.15) is 0 Å². The molecule has 1 aromatic carbocycles. The monoisotopic (exact) mass is 458 g/mol. The molecule has 0 saturated carbocycles. The van der Waals surface area contributed by atoms with E-state index in [0.717, 1.165) is 6.07 Å². The van der Waals surface area contributed by atoms with Crippen LogP contribution in [0.5, 0.6) is 0 Å². The van der Waals surface area contributed by atoms with Gasteiger partial charge in [-0.3, -0.25) is 24.3 Å². The van der Waals surface area contributed by atoms with Gasteiger partial charge >= 0.3 is 0 Å². The van der Waals surface area contributed by atoms with E-state index in [1.54, 1.807) is 30.5 Å². The molecule has 1 aliphatic rings. The minimum Gasteiger partial charge on any atom is -0.346 e. The number of nitrogens with one attached hydrogen (secondary N) is 1. The largest absolute Gasteiger partial charge is 0.346 e. The quantitative estimate of drug-likeness (QED) is 0.342. The average molecular weight is 459 g/mol. The van der Waals surface area contributed by atoms with Crippen molar-refractivity contribution in [3.05, 3.63) is 85.9 Å². The fraction of sp³-hybridized carbons (Fsp3) is 0.158. The first-order valence-corrected chi connectivity index (χ1v) is 10.4. The Morgan fingerprint density at radius 3 is 2.65 bits per heavy atom. The van der Waals surface area contributed by atoms with Crippen molar-refractivity contribution in [3.8, 4) is 11.4 Å². The third kappa shape index (κ3) is 4.67. The van der Waals surface area contributed by atoms with Gasteiger partial charge in [0.15, 0.2) is 0 Å². The van der Waals surface area contributed by atoms with Crippen molar-refractivity contribution in [1.29, 1.82) is 0 Å². The molecular formula is C19H15ClN6O4S. The van der Waals surface area contributed by atoms with Gasteiger partial charge in [0.1, 0.15) is 5.69 Å². The van der Waals surface area contributed by atoms with Gasteiger partial charge in [0.2, 0.25) is 0 Å². The zero-order valence-corrected chi connectivity index (χ0v) is 17.4. The fourth-order valence-corrected chi connectivity index (χ4v) is 4.11. The van der Waals surface area contributed by atoms with Crippen molar-refractivity contribution in [1.82, 2.24) is 24.9 Å². The lowest BCUT2D eigenvalue weighted by Crippen LogP contribution is -2.23. The van der Waals surface area contributed by atoms with E-state index in [0.29, 0.717) is 28.4 Å². The summed E-state index contributed by atoms with van der Waals surface area (Å²) < 4.78 is 2.62. The average Bonchev–Trinajstić information content (AvgIpc) is 3.41. The van der Waals surface area contributed by atoms with Crippen molar-refractivity contribution in [2.45, 2.75) is 17.7 Å². The topological polar surface area (TPSA) is 125 Å². The summed E-state index contributed by atoms with van der Waals surface area (Å²) in [6.45, 7) is 0.213. The van der Waals surface area contributed by atoms with E-state index in [4.69, 9.17) is 11.6 Å². The molecule has 31 heavy (non-hydrogen) atoms. The molecule has 0 saturated heterocycles. The molecule has 0 aliphatic carbocycles. The Labute approximate surface area is 184 Å². The summed E-state index contributed by atoms with van der Waals surface area (Å²) in [6, 6.07) is 9.03. The molecular weight excluding hydrogens is 444 g/mol. The van der Waals surface area contributed by atoms with E-state index in [1.807, 2.05) is 6.08 Å². The molecule has 0 spiro atoms. The van der Waals surface area contributed by atoms with E-state index in [1.165, 1.54) is 33.3 Å². The molecule has 1 unspecified atom stereocenters. The van der Waals surface area contributed by atoms with Gasteiger partial charge in [0, 0.05) is 17.8 Å². The number of nitro groups is 1. The van der Waals surface area contributed by atoms with Gasteiger partial charge in [0.05, 0.1) is 39.2 Å². The van der Waals surface area contributed by atoms with E-state index in [9.17, 15) is 19.7 Å². The van der Waals surface area contributed by atoms with Gasteiger partial charge in [-0.25, -0.2) is 4.68 Å². The Bertz CT molecular complexity index is 1240. The Hall–Kier alpha value is -3.44. The van der Waals surface area contributed by atoms with Crippen molar-refractivity contribution < 1.29 is 9.72 Å². The van der Waals surface area contributed by atoms with Crippen LogP contribution in [0.15, 0.2) is 64.6 Å². The number of halogens is 1. The van der Waals surface area contributed by atoms with Crippen molar-refractivity contribution in [2.75, 3.05) is 0 Å². The Morgan fingerprint density at radius 1 is 1.23 bits per heavy atom. The number of alkyl halides is 1. The summed E-state index contributed by atoms with van der Waals surface area (Å²) in [7, 11) is 0. The van der Waals surface area contributed by atoms with Gasteiger partial charge in [-0.15, -0.1) is 28.5 Å². The van der Waals surface area contributed by atoms with Crippen LogP contribution >= 0.6 is 23.4 Å². The number of aromatic nitrogens is 4. The number of amides is 1. The smallest absolute Gasteiger partial charge is 0.286 e. The lowest BCUT2D eigenvalue weighted by atomic mass is 10.2. The number of nitrogens with zero attached hydrogens (tertiary/aromatic N) is 5. The summed E-state index contributed by atoms with van der Waals surface area (Å²) in [5.74, 6) is -0.200. The predicted octanol–water partition coefficient (Wildman–Crippen LogP) is 2.53. The molecule has 0 fully saturated rings. The lowest BCUT2D eigenvalue weighted by Gasteiger charge is -2.06. The van der Waals surface area contributed by atoms with Gasteiger partial charge in [0.25, 0.3) is 17.2 Å². The number of hydrogen-bond donors (Lipinski definition) is 1. The normalized spacial score (nSPS) is 15.5. The molecule has 158 valence electrons. The highest BCUT2D eigenvalue weighted by molar-refractivity contribution is 8.05. The first-order valence-electron chi connectivity index (χ1n) is 9.09. The number of rotatable bonds is 6. The third-order valence-corrected chi connectivity index (χ3v) is 5.94. The predicted molar refractivity (Wildman–Crippen MR) is 115 cm³/mol. The van der Waals surface area contributed by atoms with E-state index < -0.39 is 4.92 Å². The van der Waals surface area contributed by atoms with Crippen LogP contribution in [0.4, 0.5) is 5.69 Å². The molecule has 0 radical (unpaired) electrons. The molecule has 0 bridgehead atoms. The Morgan fingerprint density at radius 2 is 1.97 bits per heavy atom. The first kappa shape index (κ1) is 20.8. The highest BCUT2D eigenvalue weighted by Gasteiger charge is 2.20. The molecule has 1 amide bonds. The van der Waals surface area contributed by atoms with E-state index >= 15 is 0 Å². The molecule has 12 heteroatoms. The van der Waals surface area contributed by atoms with Gasteiger partial charge in [-0.05, 0) is 30.7 Å². The maximum Gasteiger partial charge on any atom is 0.286 e. The second kappa shape index (κ2) is 8.74. The number of benzene rings is 1. The molecule has 1 N–H and O–H groups in total. The van der Waals surface area contributed by atoms with E-state index in [2.05, 4.69) is 15.6 Å². The second-order valence-corrected chi connectivity index (χ2v) is 8.57. The maximum atomic E-state index is 12.1. The van der Waals surface area contributed by atoms with E-state index in [-0.39, 0.29) is 28.4 Å². The van der Waals surface area contributed by atoms with Gasteiger partial charge in [-0.1, -0.05) is 11.3 Å². The summed E-state index contributed by atoms with van der Waals surface area (Å²) >= 11 is 7.30. The Balaban J connectivity index is 1.45. The van der Waals surface area contributed by atoms with Crippen LogP contribution in [0.1, 0.15) is 12.1 Å². The van der Waals surface area contributed by atoms with Crippen molar-refractivity contribution >= 4 is 35.0 Å².